The average molecular weight is 115 g/mol. The van der Waals surface area contributed by atoms with Crippen LogP contribution in [0.5, 0.6) is 0 Å². The Kier molecular flexibility index (Phi) is 2.88. The predicted molar refractivity (Wildman–Crippen MR) is 29.4 cm³/mol. The van der Waals surface area contributed by atoms with E-state index >= 15 is 0 Å². The second-order valence-electron chi connectivity index (χ2n) is 1.41. The second-order valence-corrected chi connectivity index (χ2v) is 1.41. The van der Waals surface area contributed by atoms with Gasteiger partial charge in [0.05, 0.1) is 0 Å². The summed E-state index contributed by atoms with van der Waals surface area (Å²) in [4.78, 5) is 10.3. The molecule has 0 bridgehead atoms. The molecule has 0 aliphatic heterocycles. The normalized spacial score (nSPS) is 11.1. The third-order valence-electron chi connectivity index (χ3n) is 0.893. The first-order valence-electron chi connectivity index (χ1n) is 2.29. The molecular formula is C5H9NO2. The van der Waals surface area contributed by atoms with Crippen molar-refractivity contribution in [3.8, 4) is 0 Å². The van der Waals surface area contributed by atoms with Gasteiger partial charge in [-0.3, -0.25) is 10.0 Å². The van der Waals surface area contributed by atoms with Gasteiger partial charge in [0, 0.05) is 5.57 Å². The summed E-state index contributed by atoms with van der Waals surface area (Å²) in [7, 11) is 0. The molecule has 8 heavy (non-hydrogen) atoms. The zero-order valence-corrected chi connectivity index (χ0v) is 4.93. The third kappa shape index (κ3) is 1.75. The molecule has 0 saturated heterocycles. The maximum Gasteiger partial charge on any atom is 0.269 e. The van der Waals surface area contributed by atoms with E-state index in [1.54, 1.807) is 19.9 Å². The van der Waals surface area contributed by atoms with E-state index in [0.29, 0.717) is 5.57 Å². The molecule has 0 atom stereocenters. The first-order valence-corrected chi connectivity index (χ1v) is 2.29. The van der Waals surface area contributed by atoms with Crippen LogP contribution in [0.1, 0.15) is 13.8 Å². The van der Waals surface area contributed by atoms with Gasteiger partial charge >= 0.3 is 0 Å². The highest BCUT2D eigenvalue weighted by atomic mass is 16.5. The molecule has 0 rings (SSSR count). The fourth-order valence-electron chi connectivity index (χ4n) is 0.219. The molecule has 0 aromatic heterocycles. The summed E-state index contributed by atoms with van der Waals surface area (Å²) in [5, 5.41) is 8.00. The van der Waals surface area contributed by atoms with Gasteiger partial charge in [0.2, 0.25) is 0 Å². The lowest BCUT2D eigenvalue weighted by Crippen LogP contribution is -2.18. The molecule has 0 spiro atoms. The SMILES string of the molecule is C/C=C(/C)C(=O)NO. The molecular weight excluding hydrogens is 106 g/mol. The largest absolute Gasteiger partial charge is 0.288 e. The van der Waals surface area contributed by atoms with Gasteiger partial charge in [-0.1, -0.05) is 6.08 Å². The monoisotopic (exact) mass is 115 g/mol. The number of nitrogens with one attached hydrogen (secondary N) is 1. The summed E-state index contributed by atoms with van der Waals surface area (Å²) in [6, 6.07) is 0. The van der Waals surface area contributed by atoms with E-state index in [-0.39, 0.29) is 0 Å². The zero-order chi connectivity index (χ0) is 6.57. The number of rotatable bonds is 1. The van der Waals surface area contributed by atoms with Crippen LogP contribution in [-0.2, 0) is 4.79 Å². The van der Waals surface area contributed by atoms with Gasteiger partial charge in [0.1, 0.15) is 0 Å². The smallest absolute Gasteiger partial charge is 0.269 e. The number of amides is 1. The van der Waals surface area contributed by atoms with Crippen molar-refractivity contribution in [1.82, 2.24) is 5.48 Å². The topological polar surface area (TPSA) is 49.3 Å². The number of carbonyl (C=O) groups excluding carboxylic acids is 1. The highest BCUT2D eigenvalue weighted by Crippen LogP contribution is 1.88. The van der Waals surface area contributed by atoms with E-state index in [2.05, 4.69) is 0 Å². The molecule has 3 nitrogen and oxygen atoms in total. The summed E-state index contributed by atoms with van der Waals surface area (Å²) in [6.45, 7) is 3.34. The molecule has 0 aliphatic rings. The van der Waals surface area contributed by atoms with Crippen LogP contribution in [0.3, 0.4) is 0 Å². The molecule has 46 valence electrons. The molecule has 2 N–H and O–H groups in total. The van der Waals surface area contributed by atoms with Crippen LogP contribution >= 0.6 is 0 Å². The highest BCUT2D eigenvalue weighted by Gasteiger charge is 1.96. The van der Waals surface area contributed by atoms with Crippen molar-refractivity contribution < 1.29 is 10.0 Å². The summed E-state index contributed by atoms with van der Waals surface area (Å²) < 4.78 is 0. The van der Waals surface area contributed by atoms with E-state index < -0.39 is 5.91 Å². The maximum atomic E-state index is 10.3. The molecule has 0 aliphatic carbocycles. The van der Waals surface area contributed by atoms with Crippen LogP contribution in [0.25, 0.3) is 0 Å². The van der Waals surface area contributed by atoms with Crippen LogP contribution in [0.2, 0.25) is 0 Å². The summed E-state index contributed by atoms with van der Waals surface area (Å²) in [5.41, 5.74) is 2.02. The van der Waals surface area contributed by atoms with E-state index in [4.69, 9.17) is 5.21 Å². The van der Waals surface area contributed by atoms with Gasteiger partial charge in [-0.15, -0.1) is 0 Å². The molecule has 0 heterocycles. The van der Waals surface area contributed by atoms with E-state index in [9.17, 15) is 4.79 Å². The van der Waals surface area contributed by atoms with Gasteiger partial charge in [-0.25, -0.2) is 5.48 Å². The lowest BCUT2D eigenvalue weighted by molar-refractivity contribution is -0.125. The van der Waals surface area contributed by atoms with Gasteiger partial charge in [-0.05, 0) is 13.8 Å². The van der Waals surface area contributed by atoms with Crippen molar-refractivity contribution in [2.75, 3.05) is 0 Å². The molecule has 0 saturated carbocycles. The van der Waals surface area contributed by atoms with Crippen molar-refractivity contribution in [2.24, 2.45) is 0 Å². The zero-order valence-electron chi connectivity index (χ0n) is 4.93. The van der Waals surface area contributed by atoms with Gasteiger partial charge in [0.25, 0.3) is 5.91 Å². The molecule has 0 aromatic rings. The Labute approximate surface area is 48.0 Å². The standard InChI is InChI=1S/C5H9NO2/c1-3-4(2)5(7)6-8/h3,8H,1-2H3,(H,6,7)/b4-3-. The van der Waals surface area contributed by atoms with Crippen LogP contribution in [0.15, 0.2) is 11.6 Å². The summed E-state index contributed by atoms with van der Waals surface area (Å²) in [6.07, 6.45) is 1.62. The van der Waals surface area contributed by atoms with E-state index in [0.717, 1.165) is 0 Å². The predicted octanol–water partition coefficient (Wildman–Crippen LogP) is 0.458. The Bertz CT molecular complexity index is 118. The fourth-order valence-corrected chi connectivity index (χ4v) is 0.219. The molecule has 0 aromatic carbocycles. The molecule has 3 heteroatoms. The summed E-state index contributed by atoms with van der Waals surface area (Å²) in [5.74, 6) is -0.451. The number of hydrogen-bond acceptors (Lipinski definition) is 2. The molecule has 1 amide bonds. The Hall–Kier alpha value is -0.830. The van der Waals surface area contributed by atoms with Crippen molar-refractivity contribution in [2.45, 2.75) is 13.8 Å². The molecule has 0 fully saturated rings. The minimum absolute atomic E-state index is 0.451. The lowest BCUT2D eigenvalue weighted by Gasteiger charge is -1.93. The maximum absolute atomic E-state index is 10.3. The van der Waals surface area contributed by atoms with Gasteiger partial charge in [0.15, 0.2) is 0 Å². The summed E-state index contributed by atoms with van der Waals surface area (Å²) >= 11 is 0. The molecule has 0 unspecified atom stereocenters. The second kappa shape index (κ2) is 3.21. The van der Waals surface area contributed by atoms with Gasteiger partial charge < -0.3 is 0 Å². The fraction of sp³-hybridized carbons (Fsp3) is 0.400. The number of carbonyl (C=O) groups is 1. The Balaban J connectivity index is 3.83. The third-order valence-corrected chi connectivity index (χ3v) is 0.893. The Morgan fingerprint density at radius 1 is 1.75 bits per heavy atom. The number of hydrogen-bond donors (Lipinski definition) is 2. The Morgan fingerprint density at radius 2 is 2.25 bits per heavy atom. The Morgan fingerprint density at radius 3 is 2.38 bits per heavy atom. The van der Waals surface area contributed by atoms with E-state index in [1.807, 2.05) is 0 Å². The first kappa shape index (κ1) is 7.17. The van der Waals surface area contributed by atoms with Crippen LogP contribution in [-0.4, -0.2) is 11.1 Å². The van der Waals surface area contributed by atoms with E-state index in [1.165, 1.54) is 5.48 Å². The number of hydroxylamine groups is 1. The van der Waals surface area contributed by atoms with Crippen molar-refractivity contribution in [3.63, 3.8) is 0 Å². The molecule has 0 radical (unpaired) electrons. The highest BCUT2D eigenvalue weighted by molar-refractivity contribution is 5.91. The number of allylic oxidation sites excluding steroid dienone is 1. The quantitative estimate of drug-likeness (QED) is 0.296. The van der Waals surface area contributed by atoms with Crippen LogP contribution in [0, 0.1) is 0 Å². The van der Waals surface area contributed by atoms with Gasteiger partial charge in [-0.2, -0.15) is 0 Å². The minimum Gasteiger partial charge on any atom is -0.288 e. The lowest BCUT2D eigenvalue weighted by atomic mass is 10.3. The average Bonchev–Trinajstić information content (AvgIpc) is 1.84. The van der Waals surface area contributed by atoms with Crippen molar-refractivity contribution in [3.05, 3.63) is 11.6 Å². The minimum atomic E-state index is -0.451. The van der Waals surface area contributed by atoms with Crippen LogP contribution < -0.4 is 5.48 Å². The van der Waals surface area contributed by atoms with Crippen LogP contribution in [0.4, 0.5) is 0 Å². The van der Waals surface area contributed by atoms with Crippen molar-refractivity contribution in [1.29, 1.82) is 0 Å². The first-order chi connectivity index (χ1) is 3.72. The van der Waals surface area contributed by atoms with Crippen molar-refractivity contribution >= 4 is 5.91 Å².